The van der Waals surface area contributed by atoms with E-state index in [1.807, 2.05) is 5.32 Å². The highest BCUT2D eigenvalue weighted by atomic mass is 32.2. The summed E-state index contributed by atoms with van der Waals surface area (Å²) >= 11 is 0. The number of sulfonamides is 1. The number of ether oxygens (including phenoxy) is 1. The van der Waals surface area contributed by atoms with Crippen LogP contribution in [0.25, 0.3) is 0 Å². The number of halogens is 2. The summed E-state index contributed by atoms with van der Waals surface area (Å²) in [5.41, 5.74) is -0.106. The number of methoxy groups -OCH3 is 1. The van der Waals surface area contributed by atoms with E-state index in [1.54, 1.807) is 0 Å². The number of hydrogen-bond acceptors (Lipinski definition) is 4. The third-order valence-electron chi connectivity index (χ3n) is 2.15. The van der Waals surface area contributed by atoms with Crippen LogP contribution in [-0.4, -0.2) is 34.4 Å². The van der Waals surface area contributed by atoms with E-state index in [2.05, 4.69) is 0 Å². The van der Waals surface area contributed by atoms with Crippen molar-refractivity contribution in [2.45, 2.75) is 11.3 Å². The number of carbonyl (C=O) groups is 1. The van der Waals surface area contributed by atoms with Gasteiger partial charge in [-0.25, -0.2) is 22.3 Å². The minimum atomic E-state index is -4.09. The topological polar surface area (TPSA) is 98.5 Å². The maximum Gasteiger partial charge on any atom is 0.255 e. The summed E-state index contributed by atoms with van der Waals surface area (Å²) in [5.74, 6) is -0.860. The molecule has 0 saturated carbocycles. The number of carbonyl (C=O) groups excluding carboxylic acids is 1. The smallest absolute Gasteiger partial charge is 0.255 e. The van der Waals surface area contributed by atoms with Crippen LogP contribution in [0.3, 0.4) is 0 Å². The van der Waals surface area contributed by atoms with Crippen LogP contribution in [0.4, 0.5) is 8.78 Å². The Morgan fingerprint density at radius 1 is 1.47 bits per heavy atom. The van der Waals surface area contributed by atoms with Gasteiger partial charge in [0.2, 0.25) is 10.0 Å². The lowest BCUT2D eigenvalue weighted by Gasteiger charge is -2.09. The molecule has 0 radical (unpaired) electrons. The van der Waals surface area contributed by atoms with Crippen molar-refractivity contribution in [3.05, 3.63) is 23.8 Å². The first-order valence-corrected chi connectivity index (χ1v) is 6.57. The summed E-state index contributed by atoms with van der Waals surface area (Å²) in [4.78, 5) is 11.1. The molecule has 6 nitrogen and oxygen atoms in total. The number of primary sulfonamides is 1. The number of amides is 1. The summed E-state index contributed by atoms with van der Waals surface area (Å²) in [5, 5.41) is 6.91. The molecular formula is C10H12F2N2O4S. The third kappa shape index (κ3) is 4.14. The molecule has 0 bridgehead atoms. The Kier molecular flexibility index (Phi) is 4.78. The second-order valence-electron chi connectivity index (χ2n) is 3.51. The lowest BCUT2D eigenvalue weighted by molar-refractivity contribution is 0.0891. The SMILES string of the molecule is COc1ccc(C(=O)NCC(F)F)cc1S(N)(=O)=O. The zero-order valence-electron chi connectivity index (χ0n) is 9.89. The van der Waals surface area contributed by atoms with E-state index in [4.69, 9.17) is 9.88 Å². The van der Waals surface area contributed by atoms with Crippen LogP contribution in [0.15, 0.2) is 23.1 Å². The van der Waals surface area contributed by atoms with Crippen molar-refractivity contribution in [2.24, 2.45) is 5.14 Å². The molecule has 0 unspecified atom stereocenters. The molecule has 0 saturated heterocycles. The largest absolute Gasteiger partial charge is 0.495 e. The maximum atomic E-state index is 11.9. The zero-order valence-corrected chi connectivity index (χ0v) is 10.7. The summed E-state index contributed by atoms with van der Waals surface area (Å²) in [7, 11) is -2.85. The Labute approximate surface area is 108 Å². The van der Waals surface area contributed by atoms with Crippen LogP contribution in [0, 0.1) is 0 Å². The number of nitrogens with two attached hydrogens (primary N) is 1. The second kappa shape index (κ2) is 5.93. The molecule has 106 valence electrons. The van der Waals surface area contributed by atoms with E-state index < -0.39 is 28.9 Å². The number of hydrogen-bond donors (Lipinski definition) is 2. The van der Waals surface area contributed by atoms with Gasteiger partial charge in [0.1, 0.15) is 10.6 Å². The average molecular weight is 294 g/mol. The predicted molar refractivity (Wildman–Crippen MR) is 62.7 cm³/mol. The summed E-state index contributed by atoms with van der Waals surface area (Å²) in [6.45, 7) is -0.824. The lowest BCUT2D eigenvalue weighted by Crippen LogP contribution is -2.28. The van der Waals surface area contributed by atoms with Gasteiger partial charge in [-0.05, 0) is 18.2 Å². The minimum Gasteiger partial charge on any atom is -0.495 e. The van der Waals surface area contributed by atoms with Gasteiger partial charge in [-0.3, -0.25) is 4.79 Å². The number of nitrogens with one attached hydrogen (secondary N) is 1. The lowest BCUT2D eigenvalue weighted by atomic mass is 10.2. The van der Waals surface area contributed by atoms with Crippen LogP contribution in [0.5, 0.6) is 5.75 Å². The number of alkyl halides is 2. The molecule has 0 aromatic heterocycles. The third-order valence-corrected chi connectivity index (χ3v) is 3.08. The van der Waals surface area contributed by atoms with Crippen LogP contribution < -0.4 is 15.2 Å². The van der Waals surface area contributed by atoms with Crippen molar-refractivity contribution in [1.82, 2.24) is 5.32 Å². The highest BCUT2D eigenvalue weighted by molar-refractivity contribution is 7.89. The van der Waals surface area contributed by atoms with Crippen LogP contribution in [-0.2, 0) is 10.0 Å². The molecule has 0 atom stereocenters. The molecule has 0 heterocycles. The van der Waals surface area contributed by atoms with E-state index in [0.717, 1.165) is 6.07 Å². The molecule has 9 heteroatoms. The molecule has 1 aromatic carbocycles. The van der Waals surface area contributed by atoms with Gasteiger partial charge < -0.3 is 10.1 Å². The number of benzene rings is 1. The molecular weight excluding hydrogens is 282 g/mol. The minimum absolute atomic E-state index is 0.0343. The average Bonchev–Trinajstić information content (AvgIpc) is 2.34. The summed E-state index contributed by atoms with van der Waals surface area (Å²) in [6, 6.07) is 3.43. The first kappa shape index (κ1) is 15.3. The summed E-state index contributed by atoms with van der Waals surface area (Å²) in [6.07, 6.45) is -2.69. The maximum absolute atomic E-state index is 11.9. The highest BCUT2D eigenvalue weighted by Crippen LogP contribution is 2.23. The van der Waals surface area contributed by atoms with Gasteiger partial charge in [-0.2, -0.15) is 0 Å². The highest BCUT2D eigenvalue weighted by Gasteiger charge is 2.18. The van der Waals surface area contributed by atoms with Crippen molar-refractivity contribution in [3.8, 4) is 5.75 Å². The van der Waals surface area contributed by atoms with Crippen molar-refractivity contribution < 1.29 is 26.7 Å². The normalized spacial score (nSPS) is 11.4. The van der Waals surface area contributed by atoms with Gasteiger partial charge in [-0.15, -0.1) is 0 Å². The molecule has 19 heavy (non-hydrogen) atoms. The van der Waals surface area contributed by atoms with E-state index in [1.165, 1.54) is 19.2 Å². The predicted octanol–water partition coefficient (Wildman–Crippen LogP) is 0.338. The van der Waals surface area contributed by atoms with Gasteiger partial charge in [0.25, 0.3) is 12.3 Å². The molecule has 3 N–H and O–H groups in total. The van der Waals surface area contributed by atoms with Gasteiger partial charge in [0.15, 0.2) is 0 Å². The van der Waals surface area contributed by atoms with Gasteiger partial charge >= 0.3 is 0 Å². The van der Waals surface area contributed by atoms with E-state index in [0.29, 0.717) is 0 Å². The van der Waals surface area contributed by atoms with E-state index in [9.17, 15) is 22.0 Å². The number of rotatable bonds is 5. The Bertz CT molecular complexity index is 575. The Hall–Kier alpha value is -1.74. The molecule has 1 rings (SSSR count). The van der Waals surface area contributed by atoms with Gasteiger partial charge in [0, 0.05) is 5.56 Å². The summed E-state index contributed by atoms with van der Waals surface area (Å²) < 4.78 is 51.3. The van der Waals surface area contributed by atoms with Gasteiger partial charge in [0.05, 0.1) is 13.7 Å². The van der Waals surface area contributed by atoms with Crippen molar-refractivity contribution >= 4 is 15.9 Å². The zero-order chi connectivity index (χ0) is 14.6. The molecule has 1 amide bonds. The fourth-order valence-electron chi connectivity index (χ4n) is 1.31. The Morgan fingerprint density at radius 3 is 2.58 bits per heavy atom. The van der Waals surface area contributed by atoms with Crippen molar-refractivity contribution in [3.63, 3.8) is 0 Å². The molecule has 0 spiro atoms. The standard InChI is InChI=1S/C10H12F2N2O4S/c1-18-7-3-2-6(4-8(7)19(13,16)17)10(15)14-5-9(11)12/h2-4,9H,5H2,1H3,(H,14,15)(H2,13,16,17). The molecule has 0 aliphatic carbocycles. The van der Waals surface area contributed by atoms with Crippen molar-refractivity contribution in [1.29, 1.82) is 0 Å². The van der Waals surface area contributed by atoms with Crippen molar-refractivity contribution in [2.75, 3.05) is 13.7 Å². The first-order chi connectivity index (χ1) is 8.75. The quantitative estimate of drug-likeness (QED) is 0.818. The van der Waals surface area contributed by atoms with E-state index in [-0.39, 0.29) is 16.2 Å². The Morgan fingerprint density at radius 2 is 2.11 bits per heavy atom. The molecule has 0 aliphatic rings. The molecule has 0 aliphatic heterocycles. The fraction of sp³-hybridized carbons (Fsp3) is 0.300. The molecule has 0 fully saturated rings. The fourth-order valence-corrected chi connectivity index (χ4v) is 2.04. The first-order valence-electron chi connectivity index (χ1n) is 5.03. The molecule has 1 aromatic rings. The van der Waals surface area contributed by atoms with Gasteiger partial charge in [-0.1, -0.05) is 0 Å². The Balaban J connectivity index is 3.09. The van der Waals surface area contributed by atoms with Crippen LogP contribution in [0.2, 0.25) is 0 Å². The second-order valence-corrected chi connectivity index (χ2v) is 5.04. The van der Waals surface area contributed by atoms with E-state index >= 15 is 0 Å². The van der Waals surface area contributed by atoms with Crippen LogP contribution in [0.1, 0.15) is 10.4 Å². The van der Waals surface area contributed by atoms with Crippen LogP contribution >= 0.6 is 0 Å². The monoisotopic (exact) mass is 294 g/mol.